The maximum absolute atomic E-state index is 5.69. The van der Waals surface area contributed by atoms with Crippen LogP contribution in [0, 0.1) is 5.92 Å². The van der Waals surface area contributed by atoms with Gasteiger partial charge in [-0.25, -0.2) is 4.98 Å². The van der Waals surface area contributed by atoms with Crippen LogP contribution in [0.1, 0.15) is 12.8 Å². The zero-order valence-electron chi connectivity index (χ0n) is 11.1. The number of hydrogen-bond acceptors (Lipinski definition) is 6. The molecule has 102 valence electrons. The standard InChI is InChI=1S/C12H19N7/c1-19-4-2-8(3-5-19)6-14-10-9-11(16-7-15-9)18-12(13)17-10/h7-8H,2-6H2,1H3,(H4,13,14,15,16,17,18). The third kappa shape index (κ3) is 2.60. The number of rotatable bonds is 3. The molecule has 0 radical (unpaired) electrons. The number of aromatic nitrogens is 4. The summed E-state index contributed by atoms with van der Waals surface area (Å²) in [4.78, 5) is 17.9. The van der Waals surface area contributed by atoms with Crippen molar-refractivity contribution in [3.8, 4) is 0 Å². The van der Waals surface area contributed by atoms with Crippen LogP contribution in [0.15, 0.2) is 6.33 Å². The monoisotopic (exact) mass is 261 g/mol. The first kappa shape index (κ1) is 12.2. The molecule has 1 saturated heterocycles. The van der Waals surface area contributed by atoms with Crippen LogP contribution in [0.25, 0.3) is 11.2 Å². The second-order valence-electron chi connectivity index (χ2n) is 5.16. The molecule has 19 heavy (non-hydrogen) atoms. The molecule has 7 heteroatoms. The molecule has 1 aliphatic rings. The van der Waals surface area contributed by atoms with Crippen molar-refractivity contribution < 1.29 is 0 Å². The summed E-state index contributed by atoms with van der Waals surface area (Å²) in [7, 11) is 2.17. The highest BCUT2D eigenvalue weighted by atomic mass is 15.1. The Morgan fingerprint density at radius 1 is 1.42 bits per heavy atom. The van der Waals surface area contributed by atoms with E-state index in [1.165, 1.54) is 12.8 Å². The SMILES string of the molecule is CN1CCC(CNc2nc(N)nc3nc[nH]c23)CC1. The minimum absolute atomic E-state index is 0.255. The molecular weight excluding hydrogens is 242 g/mol. The molecule has 4 N–H and O–H groups in total. The Bertz CT molecular complexity index is 556. The van der Waals surface area contributed by atoms with Crippen molar-refractivity contribution in [1.29, 1.82) is 0 Å². The fourth-order valence-corrected chi connectivity index (χ4v) is 2.49. The van der Waals surface area contributed by atoms with Gasteiger partial charge >= 0.3 is 0 Å². The maximum Gasteiger partial charge on any atom is 0.224 e. The minimum Gasteiger partial charge on any atom is -0.368 e. The van der Waals surface area contributed by atoms with Crippen LogP contribution in [0.3, 0.4) is 0 Å². The number of nitrogen functional groups attached to an aromatic ring is 1. The van der Waals surface area contributed by atoms with Crippen molar-refractivity contribution >= 4 is 22.9 Å². The summed E-state index contributed by atoms with van der Waals surface area (Å²) < 4.78 is 0. The predicted octanol–water partition coefficient (Wildman–Crippen LogP) is 0.689. The Balaban J connectivity index is 1.69. The lowest BCUT2D eigenvalue weighted by molar-refractivity contribution is 0.226. The molecule has 2 aromatic heterocycles. The van der Waals surface area contributed by atoms with Gasteiger partial charge in [0.25, 0.3) is 0 Å². The third-order valence-corrected chi connectivity index (χ3v) is 3.70. The highest BCUT2D eigenvalue weighted by Crippen LogP contribution is 2.20. The summed E-state index contributed by atoms with van der Waals surface area (Å²) in [6.45, 7) is 3.24. The Morgan fingerprint density at radius 2 is 2.21 bits per heavy atom. The number of anilines is 2. The highest BCUT2D eigenvalue weighted by molar-refractivity contribution is 5.83. The van der Waals surface area contributed by atoms with Gasteiger partial charge in [0, 0.05) is 6.54 Å². The van der Waals surface area contributed by atoms with Crippen molar-refractivity contribution in [2.45, 2.75) is 12.8 Å². The lowest BCUT2D eigenvalue weighted by Gasteiger charge is -2.29. The van der Waals surface area contributed by atoms with Crippen molar-refractivity contribution in [2.24, 2.45) is 5.92 Å². The number of piperidine rings is 1. The average molecular weight is 261 g/mol. The number of H-pyrrole nitrogens is 1. The van der Waals surface area contributed by atoms with Crippen LogP contribution in [-0.2, 0) is 0 Å². The van der Waals surface area contributed by atoms with E-state index in [1.807, 2.05) is 0 Å². The number of nitrogens with two attached hydrogens (primary N) is 1. The first-order valence-electron chi connectivity index (χ1n) is 6.61. The van der Waals surface area contributed by atoms with Gasteiger partial charge in [0.15, 0.2) is 11.5 Å². The van der Waals surface area contributed by atoms with E-state index in [1.54, 1.807) is 6.33 Å². The van der Waals surface area contributed by atoms with Gasteiger partial charge in [-0.1, -0.05) is 0 Å². The number of likely N-dealkylation sites (tertiary alicyclic amines) is 1. The number of nitrogens with one attached hydrogen (secondary N) is 2. The molecule has 0 atom stereocenters. The molecule has 0 amide bonds. The number of fused-ring (bicyclic) bond motifs is 1. The van der Waals surface area contributed by atoms with Gasteiger partial charge in [0.2, 0.25) is 5.95 Å². The normalized spacial score (nSPS) is 17.9. The predicted molar refractivity (Wildman–Crippen MR) is 74.8 cm³/mol. The summed E-state index contributed by atoms with van der Waals surface area (Å²) in [5.74, 6) is 1.69. The van der Waals surface area contributed by atoms with E-state index in [9.17, 15) is 0 Å². The second kappa shape index (κ2) is 5.00. The Hall–Kier alpha value is -1.89. The van der Waals surface area contributed by atoms with Crippen LogP contribution in [-0.4, -0.2) is 51.5 Å². The van der Waals surface area contributed by atoms with Crippen molar-refractivity contribution in [3.05, 3.63) is 6.33 Å². The molecule has 0 saturated carbocycles. The Labute approximate surface area is 111 Å². The molecule has 0 aliphatic carbocycles. The van der Waals surface area contributed by atoms with Gasteiger partial charge in [-0.2, -0.15) is 9.97 Å². The number of imidazole rings is 1. The van der Waals surface area contributed by atoms with E-state index in [-0.39, 0.29) is 5.95 Å². The van der Waals surface area contributed by atoms with Crippen LogP contribution in [0.2, 0.25) is 0 Å². The fourth-order valence-electron chi connectivity index (χ4n) is 2.49. The maximum atomic E-state index is 5.69. The smallest absolute Gasteiger partial charge is 0.224 e. The molecule has 0 spiro atoms. The van der Waals surface area contributed by atoms with Gasteiger partial charge in [0.1, 0.15) is 5.52 Å². The minimum atomic E-state index is 0.255. The Morgan fingerprint density at radius 3 is 3.00 bits per heavy atom. The topological polar surface area (TPSA) is 95.8 Å². The van der Waals surface area contributed by atoms with Gasteiger partial charge in [-0.05, 0) is 38.9 Å². The van der Waals surface area contributed by atoms with E-state index in [4.69, 9.17) is 5.73 Å². The van der Waals surface area contributed by atoms with E-state index < -0.39 is 0 Å². The zero-order valence-corrected chi connectivity index (χ0v) is 11.1. The molecule has 3 heterocycles. The molecule has 0 bridgehead atoms. The molecule has 1 aliphatic heterocycles. The van der Waals surface area contributed by atoms with Crippen molar-refractivity contribution in [3.63, 3.8) is 0 Å². The molecule has 3 rings (SSSR count). The van der Waals surface area contributed by atoms with Crippen LogP contribution >= 0.6 is 0 Å². The van der Waals surface area contributed by atoms with Gasteiger partial charge < -0.3 is 20.9 Å². The highest BCUT2D eigenvalue weighted by Gasteiger charge is 2.17. The first-order chi connectivity index (χ1) is 9.22. The van der Waals surface area contributed by atoms with Crippen molar-refractivity contribution in [1.82, 2.24) is 24.8 Å². The molecular formula is C12H19N7. The van der Waals surface area contributed by atoms with E-state index in [0.29, 0.717) is 11.6 Å². The summed E-state index contributed by atoms with van der Waals surface area (Å²) in [5.41, 5.74) is 7.12. The fraction of sp³-hybridized carbons (Fsp3) is 0.583. The summed E-state index contributed by atoms with van der Waals surface area (Å²) in [5, 5.41) is 3.38. The number of aromatic amines is 1. The molecule has 1 fully saturated rings. The van der Waals surface area contributed by atoms with Gasteiger partial charge in [0.05, 0.1) is 6.33 Å². The lowest BCUT2D eigenvalue weighted by Crippen LogP contribution is -2.33. The van der Waals surface area contributed by atoms with Gasteiger partial charge in [-0.15, -0.1) is 0 Å². The molecule has 2 aromatic rings. The van der Waals surface area contributed by atoms with Crippen molar-refractivity contribution in [2.75, 3.05) is 37.7 Å². The lowest BCUT2D eigenvalue weighted by atomic mass is 9.97. The largest absolute Gasteiger partial charge is 0.368 e. The molecule has 7 nitrogen and oxygen atoms in total. The summed E-state index contributed by atoms with van der Waals surface area (Å²) in [6, 6.07) is 0. The van der Waals surface area contributed by atoms with Crippen LogP contribution in [0.4, 0.5) is 11.8 Å². The van der Waals surface area contributed by atoms with Crippen LogP contribution < -0.4 is 11.1 Å². The third-order valence-electron chi connectivity index (χ3n) is 3.70. The second-order valence-corrected chi connectivity index (χ2v) is 5.16. The number of hydrogen-bond donors (Lipinski definition) is 3. The van der Waals surface area contributed by atoms with E-state index >= 15 is 0 Å². The Kier molecular flexibility index (Phi) is 3.20. The van der Waals surface area contributed by atoms with E-state index in [0.717, 1.165) is 31.0 Å². The zero-order chi connectivity index (χ0) is 13.2. The van der Waals surface area contributed by atoms with E-state index in [2.05, 4.69) is 37.2 Å². The first-order valence-corrected chi connectivity index (χ1v) is 6.61. The summed E-state index contributed by atoms with van der Waals surface area (Å²) >= 11 is 0. The molecule has 0 aromatic carbocycles. The average Bonchev–Trinajstić information content (AvgIpc) is 2.85. The quantitative estimate of drug-likeness (QED) is 0.752. The number of nitrogens with zero attached hydrogens (tertiary/aromatic N) is 4. The van der Waals surface area contributed by atoms with Gasteiger partial charge in [-0.3, -0.25) is 0 Å². The summed E-state index contributed by atoms with van der Waals surface area (Å²) in [6.07, 6.45) is 4.05. The molecule has 0 unspecified atom stereocenters. The van der Waals surface area contributed by atoms with Crippen LogP contribution in [0.5, 0.6) is 0 Å².